The van der Waals surface area contributed by atoms with Crippen molar-refractivity contribution in [1.82, 2.24) is 14.9 Å². The molecule has 2 aromatic rings. The number of para-hydroxylation sites is 2. The largest absolute Gasteiger partial charge is 0.370 e. The van der Waals surface area contributed by atoms with Gasteiger partial charge in [0.05, 0.1) is 17.6 Å². The van der Waals surface area contributed by atoms with Gasteiger partial charge in [-0.25, -0.2) is 4.98 Å². The van der Waals surface area contributed by atoms with Crippen LogP contribution >= 0.6 is 0 Å². The lowest BCUT2D eigenvalue weighted by Crippen LogP contribution is -2.31. The first kappa shape index (κ1) is 14.5. The number of amides is 1. The van der Waals surface area contributed by atoms with Gasteiger partial charge in [-0.3, -0.25) is 4.79 Å². The van der Waals surface area contributed by atoms with Crippen LogP contribution in [0.5, 0.6) is 0 Å². The van der Waals surface area contributed by atoms with E-state index in [2.05, 4.69) is 14.9 Å². The zero-order valence-electron chi connectivity index (χ0n) is 11.6. The number of imidazole rings is 1. The van der Waals surface area contributed by atoms with Crippen LogP contribution in [0.1, 0.15) is 5.82 Å². The SMILES string of the molecule is Cc1nc2ccccc2n1CCNC(=O)COCCN. The summed E-state index contributed by atoms with van der Waals surface area (Å²) < 4.78 is 7.16. The van der Waals surface area contributed by atoms with Crippen LogP contribution in [-0.4, -0.2) is 41.8 Å². The fourth-order valence-electron chi connectivity index (χ4n) is 2.08. The Morgan fingerprint density at radius 2 is 2.25 bits per heavy atom. The van der Waals surface area contributed by atoms with Gasteiger partial charge < -0.3 is 20.4 Å². The van der Waals surface area contributed by atoms with Crippen LogP contribution in [0.4, 0.5) is 0 Å². The molecule has 0 radical (unpaired) electrons. The second-order valence-corrected chi connectivity index (χ2v) is 4.49. The molecule has 1 aromatic carbocycles. The average molecular weight is 276 g/mol. The molecule has 0 saturated carbocycles. The molecule has 3 N–H and O–H groups in total. The second kappa shape index (κ2) is 7.02. The van der Waals surface area contributed by atoms with E-state index in [4.69, 9.17) is 10.5 Å². The number of hydrogen-bond acceptors (Lipinski definition) is 4. The number of benzene rings is 1. The number of rotatable bonds is 7. The van der Waals surface area contributed by atoms with Gasteiger partial charge >= 0.3 is 0 Å². The van der Waals surface area contributed by atoms with Crippen molar-refractivity contribution in [2.45, 2.75) is 13.5 Å². The molecule has 0 fully saturated rings. The van der Waals surface area contributed by atoms with Gasteiger partial charge in [-0.05, 0) is 19.1 Å². The minimum absolute atomic E-state index is 0.0564. The van der Waals surface area contributed by atoms with Gasteiger partial charge in [0.15, 0.2) is 0 Å². The number of fused-ring (bicyclic) bond motifs is 1. The van der Waals surface area contributed by atoms with Gasteiger partial charge in [0.1, 0.15) is 12.4 Å². The molecular weight excluding hydrogens is 256 g/mol. The maximum absolute atomic E-state index is 11.5. The van der Waals surface area contributed by atoms with Gasteiger partial charge in [-0.2, -0.15) is 0 Å². The van der Waals surface area contributed by atoms with Gasteiger partial charge in [0, 0.05) is 19.6 Å². The van der Waals surface area contributed by atoms with Crippen LogP contribution in [0, 0.1) is 6.92 Å². The molecule has 0 aliphatic rings. The molecule has 6 nitrogen and oxygen atoms in total. The second-order valence-electron chi connectivity index (χ2n) is 4.49. The number of nitrogens with one attached hydrogen (secondary N) is 1. The summed E-state index contributed by atoms with van der Waals surface area (Å²) in [6.45, 7) is 4.08. The third kappa shape index (κ3) is 3.55. The van der Waals surface area contributed by atoms with Crippen molar-refractivity contribution >= 4 is 16.9 Å². The summed E-state index contributed by atoms with van der Waals surface area (Å²) in [4.78, 5) is 16.0. The molecule has 1 heterocycles. The van der Waals surface area contributed by atoms with Gasteiger partial charge in [0.2, 0.25) is 5.91 Å². The predicted octanol–water partition coefficient (Wildman–Crippen LogP) is 0.436. The summed E-state index contributed by atoms with van der Waals surface area (Å²) in [6, 6.07) is 7.97. The van der Waals surface area contributed by atoms with Gasteiger partial charge in [-0.15, -0.1) is 0 Å². The van der Waals surface area contributed by atoms with E-state index in [-0.39, 0.29) is 12.5 Å². The first-order valence-corrected chi connectivity index (χ1v) is 6.68. The summed E-state index contributed by atoms with van der Waals surface area (Å²) in [5.74, 6) is 0.820. The molecule has 20 heavy (non-hydrogen) atoms. The summed E-state index contributed by atoms with van der Waals surface area (Å²) in [5, 5.41) is 2.82. The summed E-state index contributed by atoms with van der Waals surface area (Å²) in [5.41, 5.74) is 7.34. The standard InChI is InChI=1S/C14H20N4O2/c1-11-17-12-4-2-3-5-13(12)18(11)8-7-16-14(19)10-20-9-6-15/h2-5H,6-10,15H2,1H3,(H,16,19). The number of hydrogen-bond donors (Lipinski definition) is 2. The summed E-state index contributed by atoms with van der Waals surface area (Å²) in [6.07, 6.45) is 0. The molecule has 6 heteroatoms. The topological polar surface area (TPSA) is 82.2 Å². The zero-order chi connectivity index (χ0) is 14.4. The van der Waals surface area contributed by atoms with Crippen molar-refractivity contribution in [2.75, 3.05) is 26.3 Å². The first-order chi connectivity index (χ1) is 9.72. The van der Waals surface area contributed by atoms with Crippen LogP contribution in [0.2, 0.25) is 0 Å². The molecule has 0 bridgehead atoms. The van der Waals surface area contributed by atoms with Gasteiger partial charge in [-0.1, -0.05) is 12.1 Å². The average Bonchev–Trinajstić information content (AvgIpc) is 2.75. The summed E-state index contributed by atoms with van der Waals surface area (Å²) >= 11 is 0. The third-order valence-electron chi connectivity index (χ3n) is 3.00. The number of carbonyl (C=O) groups excluding carboxylic acids is 1. The molecule has 0 aliphatic carbocycles. The fourth-order valence-corrected chi connectivity index (χ4v) is 2.08. The third-order valence-corrected chi connectivity index (χ3v) is 3.00. The predicted molar refractivity (Wildman–Crippen MR) is 77.4 cm³/mol. The molecule has 0 saturated heterocycles. The Bertz CT molecular complexity index is 580. The Hall–Kier alpha value is -1.92. The van der Waals surface area contributed by atoms with Crippen LogP contribution in [0.25, 0.3) is 11.0 Å². The highest BCUT2D eigenvalue weighted by Gasteiger charge is 2.07. The molecule has 2 rings (SSSR count). The highest BCUT2D eigenvalue weighted by Crippen LogP contribution is 2.14. The Balaban J connectivity index is 1.87. The van der Waals surface area contributed by atoms with Crippen LogP contribution in [0.3, 0.4) is 0 Å². The maximum atomic E-state index is 11.5. The van der Waals surface area contributed by atoms with Crippen molar-refractivity contribution in [3.05, 3.63) is 30.1 Å². The zero-order valence-corrected chi connectivity index (χ0v) is 11.6. The van der Waals surface area contributed by atoms with E-state index < -0.39 is 0 Å². The smallest absolute Gasteiger partial charge is 0.246 e. The Morgan fingerprint density at radius 3 is 3.05 bits per heavy atom. The van der Waals surface area contributed by atoms with Crippen molar-refractivity contribution in [3.63, 3.8) is 0 Å². The number of nitrogens with zero attached hydrogens (tertiary/aromatic N) is 2. The molecule has 0 aliphatic heterocycles. The Morgan fingerprint density at radius 1 is 1.45 bits per heavy atom. The number of nitrogens with two attached hydrogens (primary N) is 1. The van der Waals surface area contributed by atoms with Crippen molar-refractivity contribution in [2.24, 2.45) is 5.73 Å². The van der Waals surface area contributed by atoms with Crippen molar-refractivity contribution in [1.29, 1.82) is 0 Å². The van der Waals surface area contributed by atoms with E-state index in [1.165, 1.54) is 0 Å². The van der Waals surface area contributed by atoms with Gasteiger partial charge in [0.25, 0.3) is 0 Å². The van der Waals surface area contributed by atoms with E-state index in [0.717, 1.165) is 16.9 Å². The minimum Gasteiger partial charge on any atom is -0.370 e. The fraction of sp³-hybridized carbons (Fsp3) is 0.429. The first-order valence-electron chi connectivity index (χ1n) is 6.68. The maximum Gasteiger partial charge on any atom is 0.246 e. The highest BCUT2D eigenvalue weighted by molar-refractivity contribution is 5.77. The lowest BCUT2D eigenvalue weighted by atomic mass is 10.3. The van der Waals surface area contributed by atoms with Crippen LogP contribution in [0.15, 0.2) is 24.3 Å². The Labute approximate surface area is 117 Å². The highest BCUT2D eigenvalue weighted by atomic mass is 16.5. The minimum atomic E-state index is -0.125. The lowest BCUT2D eigenvalue weighted by Gasteiger charge is -2.08. The molecule has 108 valence electrons. The van der Waals surface area contributed by atoms with Crippen LogP contribution < -0.4 is 11.1 Å². The van der Waals surface area contributed by atoms with Crippen LogP contribution in [-0.2, 0) is 16.1 Å². The van der Waals surface area contributed by atoms with E-state index in [1.54, 1.807) is 0 Å². The number of aromatic nitrogens is 2. The van der Waals surface area contributed by atoms with Crippen molar-refractivity contribution < 1.29 is 9.53 Å². The number of ether oxygens (including phenoxy) is 1. The van der Waals surface area contributed by atoms with E-state index in [0.29, 0.717) is 26.2 Å². The monoisotopic (exact) mass is 276 g/mol. The van der Waals surface area contributed by atoms with E-state index >= 15 is 0 Å². The molecule has 1 amide bonds. The number of carbonyl (C=O) groups is 1. The molecule has 1 aromatic heterocycles. The molecule has 0 spiro atoms. The quantitative estimate of drug-likeness (QED) is 0.719. The summed E-state index contributed by atoms with van der Waals surface area (Å²) in [7, 11) is 0. The molecular formula is C14H20N4O2. The molecule has 0 atom stereocenters. The van der Waals surface area contributed by atoms with E-state index in [1.807, 2.05) is 31.2 Å². The Kier molecular flexibility index (Phi) is 5.09. The van der Waals surface area contributed by atoms with E-state index in [9.17, 15) is 4.79 Å². The molecule has 0 unspecified atom stereocenters. The van der Waals surface area contributed by atoms with Crippen molar-refractivity contribution in [3.8, 4) is 0 Å². The normalized spacial score (nSPS) is 10.9. The number of aryl methyl sites for hydroxylation is 1. The lowest BCUT2D eigenvalue weighted by molar-refractivity contribution is -0.125.